The average Bonchev–Trinajstić information content (AvgIpc) is 3.02. The molecule has 1 aliphatic rings. The molecule has 8 heteroatoms. The lowest BCUT2D eigenvalue weighted by molar-refractivity contribution is -0.117. The molecule has 7 nitrogen and oxygen atoms in total. The maximum atomic E-state index is 13.4. The molecule has 1 heterocycles. The molecule has 4 aromatic rings. The van der Waals surface area contributed by atoms with Gasteiger partial charge in [0, 0.05) is 49.7 Å². The van der Waals surface area contributed by atoms with Crippen LogP contribution in [0, 0.1) is 6.92 Å². The van der Waals surface area contributed by atoms with Gasteiger partial charge in [-0.25, -0.2) is 0 Å². The van der Waals surface area contributed by atoms with Gasteiger partial charge in [-0.05, 0) is 61.0 Å². The number of carbonyl (C=O) groups excluding carboxylic acids is 3. The molecule has 0 unspecified atom stereocenters. The third-order valence-corrected chi connectivity index (χ3v) is 7.65. The molecule has 0 aliphatic carbocycles. The van der Waals surface area contributed by atoms with Crippen molar-refractivity contribution in [1.29, 1.82) is 0 Å². The van der Waals surface area contributed by atoms with Crippen LogP contribution in [0.15, 0.2) is 103 Å². The number of benzene rings is 4. The molecule has 0 saturated carbocycles. The molecule has 0 spiro atoms. The van der Waals surface area contributed by atoms with Gasteiger partial charge in [-0.15, -0.1) is 0 Å². The summed E-state index contributed by atoms with van der Waals surface area (Å²) in [5.41, 5.74) is 4.77. The second kappa shape index (κ2) is 13.4. The smallest absolute Gasteiger partial charge is 0.256 e. The van der Waals surface area contributed by atoms with Crippen LogP contribution in [0.2, 0.25) is 5.02 Å². The summed E-state index contributed by atoms with van der Waals surface area (Å²) in [6.45, 7) is 4.88. The Morgan fingerprint density at radius 3 is 2.10 bits per heavy atom. The van der Waals surface area contributed by atoms with Crippen LogP contribution >= 0.6 is 11.6 Å². The first-order valence-electron chi connectivity index (χ1n) is 14.0. The first-order valence-corrected chi connectivity index (χ1v) is 14.3. The van der Waals surface area contributed by atoms with E-state index in [1.165, 1.54) is 4.90 Å². The van der Waals surface area contributed by atoms with E-state index in [1.54, 1.807) is 24.3 Å². The lowest BCUT2D eigenvalue weighted by atomic mass is 10.1. The molecule has 0 radical (unpaired) electrons. The minimum absolute atomic E-state index is 0.0574. The summed E-state index contributed by atoms with van der Waals surface area (Å²) in [4.78, 5) is 44.9. The summed E-state index contributed by atoms with van der Waals surface area (Å²) >= 11 is 6.30. The van der Waals surface area contributed by atoms with Crippen molar-refractivity contribution in [2.75, 3.05) is 42.9 Å². The van der Waals surface area contributed by atoms with E-state index in [2.05, 4.69) is 10.2 Å². The van der Waals surface area contributed by atoms with E-state index in [1.807, 2.05) is 90.7 Å². The van der Waals surface area contributed by atoms with Gasteiger partial charge in [0.2, 0.25) is 5.91 Å². The van der Waals surface area contributed by atoms with Gasteiger partial charge in [0.15, 0.2) is 0 Å². The quantitative estimate of drug-likeness (QED) is 0.282. The summed E-state index contributed by atoms with van der Waals surface area (Å²) in [6.07, 6.45) is 0. The Labute approximate surface area is 251 Å². The number of rotatable bonds is 8. The zero-order chi connectivity index (χ0) is 29.5. The molecule has 4 aromatic carbocycles. The van der Waals surface area contributed by atoms with Crippen molar-refractivity contribution in [1.82, 2.24) is 9.80 Å². The Bertz CT molecular complexity index is 1530. The number of hydrogen-bond donors (Lipinski definition) is 1. The van der Waals surface area contributed by atoms with Crippen molar-refractivity contribution in [2.24, 2.45) is 0 Å². The molecule has 0 bridgehead atoms. The van der Waals surface area contributed by atoms with Crippen LogP contribution in [-0.4, -0.2) is 60.2 Å². The van der Waals surface area contributed by atoms with Crippen molar-refractivity contribution in [3.8, 4) is 0 Å². The Kier molecular flexibility index (Phi) is 9.19. The third-order valence-electron chi connectivity index (χ3n) is 7.32. The van der Waals surface area contributed by atoms with Gasteiger partial charge in [0.05, 0.1) is 10.6 Å². The fraction of sp³-hybridized carbons (Fsp3) is 0.206. The number of halogens is 1. The highest BCUT2D eigenvalue weighted by atomic mass is 35.5. The minimum Gasteiger partial charge on any atom is -0.368 e. The van der Waals surface area contributed by atoms with Gasteiger partial charge in [0.1, 0.15) is 6.54 Å². The van der Waals surface area contributed by atoms with Crippen molar-refractivity contribution < 1.29 is 14.4 Å². The van der Waals surface area contributed by atoms with Crippen LogP contribution in [0.25, 0.3) is 0 Å². The molecule has 1 N–H and O–H groups in total. The summed E-state index contributed by atoms with van der Waals surface area (Å²) in [5.74, 6) is -0.556. The SMILES string of the molecule is Cc1ccc(C(=O)N2CCN(c3ccc(NC(=O)CN(Cc4ccccc4)C(=O)c4ccccc4Cl)cc3)CC2)cc1. The van der Waals surface area contributed by atoms with E-state index < -0.39 is 0 Å². The maximum Gasteiger partial charge on any atom is 0.256 e. The lowest BCUT2D eigenvalue weighted by Crippen LogP contribution is -2.48. The monoisotopic (exact) mass is 580 g/mol. The molecular weight excluding hydrogens is 548 g/mol. The molecule has 0 aromatic heterocycles. The minimum atomic E-state index is -0.310. The summed E-state index contributed by atoms with van der Waals surface area (Å²) in [6, 6.07) is 31.7. The van der Waals surface area contributed by atoms with Crippen LogP contribution in [0.3, 0.4) is 0 Å². The molecule has 5 rings (SSSR count). The molecule has 214 valence electrons. The third kappa shape index (κ3) is 7.17. The Morgan fingerprint density at radius 2 is 1.43 bits per heavy atom. The summed E-state index contributed by atoms with van der Waals surface area (Å²) < 4.78 is 0. The number of nitrogens with zero attached hydrogens (tertiary/aromatic N) is 3. The number of aryl methyl sites for hydroxylation is 1. The highest BCUT2D eigenvalue weighted by Gasteiger charge is 2.23. The fourth-order valence-electron chi connectivity index (χ4n) is 4.98. The van der Waals surface area contributed by atoms with Gasteiger partial charge in [0.25, 0.3) is 11.8 Å². The highest BCUT2D eigenvalue weighted by molar-refractivity contribution is 6.33. The Balaban J connectivity index is 1.18. The van der Waals surface area contributed by atoms with E-state index in [-0.39, 0.29) is 30.8 Å². The predicted molar refractivity (Wildman–Crippen MR) is 167 cm³/mol. The molecule has 1 fully saturated rings. The van der Waals surface area contributed by atoms with E-state index in [0.717, 1.165) is 29.9 Å². The largest absolute Gasteiger partial charge is 0.368 e. The van der Waals surface area contributed by atoms with Crippen molar-refractivity contribution >= 4 is 40.7 Å². The molecule has 1 saturated heterocycles. The van der Waals surface area contributed by atoms with Gasteiger partial charge in [-0.2, -0.15) is 0 Å². The number of hydrogen-bond acceptors (Lipinski definition) is 4. The van der Waals surface area contributed by atoms with Crippen LogP contribution in [-0.2, 0) is 11.3 Å². The number of piperazine rings is 1. The standard InChI is InChI=1S/C34H33ClN4O3/c1-25-11-13-27(14-12-25)33(41)38-21-19-37(20-22-38)29-17-15-28(16-18-29)36-32(40)24-39(23-26-7-3-2-4-8-26)34(42)30-9-5-6-10-31(30)35/h2-18H,19-24H2,1H3,(H,36,40). The summed E-state index contributed by atoms with van der Waals surface area (Å²) in [7, 11) is 0. The second-order valence-corrected chi connectivity index (χ2v) is 10.8. The van der Waals surface area contributed by atoms with E-state index in [9.17, 15) is 14.4 Å². The van der Waals surface area contributed by atoms with Crippen molar-refractivity contribution in [3.05, 3.63) is 130 Å². The van der Waals surface area contributed by atoms with Gasteiger partial charge in [-0.1, -0.05) is 71.8 Å². The topological polar surface area (TPSA) is 73.0 Å². The average molecular weight is 581 g/mol. The molecule has 1 aliphatic heterocycles. The maximum absolute atomic E-state index is 13.4. The number of nitrogens with one attached hydrogen (secondary N) is 1. The molecular formula is C34H33ClN4O3. The number of amides is 3. The molecule has 3 amide bonds. The fourth-order valence-corrected chi connectivity index (χ4v) is 5.20. The van der Waals surface area contributed by atoms with Gasteiger partial charge in [-0.3, -0.25) is 14.4 Å². The first-order chi connectivity index (χ1) is 20.4. The van der Waals surface area contributed by atoms with E-state index in [4.69, 9.17) is 11.6 Å². The lowest BCUT2D eigenvalue weighted by Gasteiger charge is -2.36. The normalized spacial score (nSPS) is 13.0. The Hall–Kier alpha value is -4.62. The van der Waals surface area contributed by atoms with Crippen LogP contribution < -0.4 is 10.2 Å². The van der Waals surface area contributed by atoms with Gasteiger partial charge >= 0.3 is 0 Å². The van der Waals surface area contributed by atoms with Crippen LogP contribution in [0.4, 0.5) is 11.4 Å². The van der Waals surface area contributed by atoms with E-state index >= 15 is 0 Å². The second-order valence-electron chi connectivity index (χ2n) is 10.4. The number of carbonyl (C=O) groups is 3. The van der Waals surface area contributed by atoms with E-state index in [0.29, 0.717) is 34.9 Å². The van der Waals surface area contributed by atoms with Crippen LogP contribution in [0.5, 0.6) is 0 Å². The highest BCUT2D eigenvalue weighted by Crippen LogP contribution is 2.22. The molecule has 42 heavy (non-hydrogen) atoms. The van der Waals surface area contributed by atoms with Crippen molar-refractivity contribution in [3.63, 3.8) is 0 Å². The molecule has 0 atom stereocenters. The van der Waals surface area contributed by atoms with Crippen molar-refractivity contribution in [2.45, 2.75) is 13.5 Å². The Morgan fingerprint density at radius 1 is 0.786 bits per heavy atom. The first kappa shape index (κ1) is 28.9. The zero-order valence-corrected chi connectivity index (χ0v) is 24.3. The zero-order valence-electron chi connectivity index (χ0n) is 23.5. The summed E-state index contributed by atoms with van der Waals surface area (Å²) in [5, 5.41) is 3.26. The number of anilines is 2. The predicted octanol–water partition coefficient (Wildman–Crippen LogP) is 5.89. The van der Waals surface area contributed by atoms with Crippen LogP contribution in [0.1, 0.15) is 31.8 Å². The van der Waals surface area contributed by atoms with Gasteiger partial charge < -0.3 is 20.0 Å².